The van der Waals surface area contributed by atoms with Gasteiger partial charge in [-0.15, -0.1) is 0 Å². The van der Waals surface area contributed by atoms with Crippen molar-refractivity contribution in [1.29, 1.82) is 0 Å². The van der Waals surface area contributed by atoms with Crippen LogP contribution in [-0.2, 0) is 11.3 Å². The summed E-state index contributed by atoms with van der Waals surface area (Å²) >= 11 is 1.70. The molecular formula is C19H31N3O2S. The first-order valence-corrected chi connectivity index (χ1v) is 10.6. The minimum Gasteiger partial charge on any atom is -0.379 e. The first-order chi connectivity index (χ1) is 12.2. The van der Waals surface area contributed by atoms with Gasteiger partial charge in [0.05, 0.1) is 13.2 Å². The van der Waals surface area contributed by atoms with E-state index in [0.29, 0.717) is 18.6 Å². The summed E-state index contributed by atoms with van der Waals surface area (Å²) in [6.07, 6.45) is 6.05. The van der Waals surface area contributed by atoms with E-state index in [0.717, 1.165) is 45.7 Å². The molecule has 2 aliphatic rings. The van der Waals surface area contributed by atoms with Crippen LogP contribution in [0.5, 0.6) is 0 Å². The summed E-state index contributed by atoms with van der Waals surface area (Å²) in [5, 5.41) is 7.44. The second-order valence-corrected chi connectivity index (χ2v) is 8.01. The van der Waals surface area contributed by atoms with Crippen LogP contribution in [0.2, 0.25) is 0 Å². The number of carbonyl (C=O) groups is 1. The number of thiophene rings is 1. The molecule has 1 N–H and O–H groups in total. The van der Waals surface area contributed by atoms with Crippen molar-refractivity contribution < 1.29 is 9.53 Å². The highest BCUT2D eigenvalue weighted by molar-refractivity contribution is 7.07. The molecule has 25 heavy (non-hydrogen) atoms. The van der Waals surface area contributed by atoms with Crippen molar-refractivity contribution in [2.24, 2.45) is 0 Å². The van der Waals surface area contributed by atoms with Crippen LogP contribution in [0.15, 0.2) is 16.8 Å². The van der Waals surface area contributed by atoms with Gasteiger partial charge in [-0.05, 0) is 42.2 Å². The molecule has 1 aliphatic carbocycles. The number of carbonyl (C=O) groups excluding carboxylic acids is 1. The first kappa shape index (κ1) is 18.7. The number of nitrogens with one attached hydrogen (secondary N) is 1. The van der Waals surface area contributed by atoms with Gasteiger partial charge >= 0.3 is 6.03 Å². The molecule has 1 unspecified atom stereocenters. The molecule has 2 amide bonds. The number of nitrogens with zero attached hydrogens (tertiary/aromatic N) is 2. The van der Waals surface area contributed by atoms with E-state index in [4.69, 9.17) is 4.74 Å². The summed E-state index contributed by atoms with van der Waals surface area (Å²) < 4.78 is 5.42. The van der Waals surface area contributed by atoms with E-state index < -0.39 is 0 Å². The second-order valence-electron chi connectivity index (χ2n) is 7.23. The Balaban J connectivity index is 1.55. The average molecular weight is 366 g/mol. The fourth-order valence-corrected chi connectivity index (χ4v) is 4.48. The molecule has 0 radical (unpaired) electrons. The predicted molar refractivity (Wildman–Crippen MR) is 102 cm³/mol. The lowest BCUT2D eigenvalue weighted by atomic mass is 9.94. The van der Waals surface area contributed by atoms with Gasteiger partial charge in [-0.3, -0.25) is 4.90 Å². The largest absolute Gasteiger partial charge is 0.379 e. The van der Waals surface area contributed by atoms with Crippen molar-refractivity contribution in [2.45, 2.75) is 57.7 Å². The van der Waals surface area contributed by atoms with E-state index >= 15 is 0 Å². The third-order valence-corrected chi connectivity index (χ3v) is 6.16. The molecule has 5 nitrogen and oxygen atoms in total. The fraction of sp³-hybridized carbons (Fsp3) is 0.737. The molecule has 6 heteroatoms. The number of hydrogen-bond donors (Lipinski definition) is 1. The highest BCUT2D eigenvalue weighted by atomic mass is 32.1. The van der Waals surface area contributed by atoms with Crippen molar-refractivity contribution in [1.82, 2.24) is 15.1 Å². The van der Waals surface area contributed by atoms with E-state index in [9.17, 15) is 4.79 Å². The van der Waals surface area contributed by atoms with E-state index in [1.165, 1.54) is 24.8 Å². The average Bonchev–Trinajstić information content (AvgIpc) is 3.18. The smallest absolute Gasteiger partial charge is 0.318 e. The second kappa shape index (κ2) is 9.55. The van der Waals surface area contributed by atoms with Gasteiger partial charge in [0.25, 0.3) is 0 Å². The lowest BCUT2D eigenvalue weighted by Gasteiger charge is -2.36. The van der Waals surface area contributed by atoms with Crippen LogP contribution in [0.1, 0.15) is 44.6 Å². The molecule has 0 bridgehead atoms. The molecule has 1 aliphatic heterocycles. The van der Waals surface area contributed by atoms with Crippen LogP contribution in [0.4, 0.5) is 4.79 Å². The van der Waals surface area contributed by atoms with Crippen molar-refractivity contribution >= 4 is 17.4 Å². The molecule has 2 heterocycles. The van der Waals surface area contributed by atoms with E-state index in [1.54, 1.807) is 11.3 Å². The monoisotopic (exact) mass is 365 g/mol. The van der Waals surface area contributed by atoms with Crippen LogP contribution in [0.25, 0.3) is 0 Å². The van der Waals surface area contributed by atoms with Crippen LogP contribution in [0, 0.1) is 0 Å². The zero-order valence-electron chi connectivity index (χ0n) is 15.3. The molecule has 140 valence electrons. The summed E-state index contributed by atoms with van der Waals surface area (Å²) in [4.78, 5) is 17.4. The maximum absolute atomic E-state index is 12.9. The molecular weight excluding hydrogens is 334 g/mol. The Kier molecular flexibility index (Phi) is 7.13. The SMILES string of the molecule is CC(CNC(=O)N(Cc1ccsc1)C1CCCCC1)N1CCOCC1. The van der Waals surface area contributed by atoms with Crippen molar-refractivity contribution in [3.05, 3.63) is 22.4 Å². The van der Waals surface area contributed by atoms with Gasteiger partial charge in [-0.1, -0.05) is 19.3 Å². The van der Waals surface area contributed by atoms with Gasteiger partial charge in [0.15, 0.2) is 0 Å². The molecule has 1 saturated heterocycles. The molecule has 1 saturated carbocycles. The van der Waals surface area contributed by atoms with Crippen LogP contribution < -0.4 is 5.32 Å². The minimum absolute atomic E-state index is 0.0956. The Morgan fingerprint density at radius 2 is 2.12 bits per heavy atom. The van der Waals surface area contributed by atoms with Gasteiger partial charge in [0.1, 0.15) is 0 Å². The van der Waals surface area contributed by atoms with Crippen LogP contribution in [0.3, 0.4) is 0 Å². The summed E-state index contributed by atoms with van der Waals surface area (Å²) in [6.45, 7) is 7.12. The molecule has 2 fully saturated rings. The van der Waals surface area contributed by atoms with E-state index in [2.05, 4.69) is 38.9 Å². The highest BCUT2D eigenvalue weighted by Crippen LogP contribution is 2.24. The molecule has 1 atom stereocenters. The van der Waals surface area contributed by atoms with Crippen molar-refractivity contribution in [3.8, 4) is 0 Å². The van der Waals surface area contributed by atoms with Gasteiger partial charge in [-0.2, -0.15) is 11.3 Å². The molecule has 0 spiro atoms. The number of ether oxygens (including phenoxy) is 1. The number of urea groups is 1. The predicted octanol–water partition coefficient (Wildman–Crippen LogP) is 3.31. The maximum Gasteiger partial charge on any atom is 0.318 e. The third-order valence-electron chi connectivity index (χ3n) is 5.43. The summed E-state index contributed by atoms with van der Waals surface area (Å²) in [6, 6.07) is 2.96. The summed E-state index contributed by atoms with van der Waals surface area (Å²) in [7, 11) is 0. The Hall–Kier alpha value is -1.11. The van der Waals surface area contributed by atoms with Gasteiger partial charge < -0.3 is 15.0 Å². The fourth-order valence-electron chi connectivity index (χ4n) is 3.82. The number of rotatable bonds is 6. The quantitative estimate of drug-likeness (QED) is 0.841. The number of morpholine rings is 1. The number of amides is 2. The van der Waals surface area contributed by atoms with Crippen molar-refractivity contribution in [2.75, 3.05) is 32.8 Å². The summed E-state index contributed by atoms with van der Waals surface area (Å²) in [5.74, 6) is 0. The highest BCUT2D eigenvalue weighted by Gasteiger charge is 2.26. The molecule has 3 rings (SSSR count). The minimum atomic E-state index is 0.0956. The lowest BCUT2D eigenvalue weighted by Crippen LogP contribution is -2.51. The molecule has 0 aromatic carbocycles. The zero-order chi connectivity index (χ0) is 17.5. The van der Waals surface area contributed by atoms with Gasteiger partial charge in [-0.25, -0.2) is 4.79 Å². The lowest BCUT2D eigenvalue weighted by molar-refractivity contribution is 0.0205. The third kappa shape index (κ3) is 5.43. The Bertz CT molecular complexity index is 511. The first-order valence-electron chi connectivity index (χ1n) is 9.61. The topological polar surface area (TPSA) is 44.8 Å². The maximum atomic E-state index is 12.9. The normalized spacial score (nSPS) is 21.0. The van der Waals surface area contributed by atoms with E-state index in [-0.39, 0.29) is 6.03 Å². The Labute approximate surface area is 155 Å². The number of hydrogen-bond acceptors (Lipinski definition) is 4. The molecule has 1 aromatic rings. The molecule has 1 aromatic heterocycles. The van der Waals surface area contributed by atoms with Crippen LogP contribution in [-0.4, -0.2) is 60.8 Å². The van der Waals surface area contributed by atoms with E-state index in [1.807, 2.05) is 0 Å². The zero-order valence-corrected chi connectivity index (χ0v) is 16.1. The standard InChI is InChI=1S/C19H31N3O2S/c1-16(21-8-10-24-11-9-21)13-20-19(23)22(14-17-7-12-25-15-17)18-5-3-2-4-6-18/h7,12,15-16,18H,2-6,8-11,13-14H2,1H3,(H,20,23). The Morgan fingerprint density at radius 1 is 1.36 bits per heavy atom. The van der Waals surface area contributed by atoms with Crippen molar-refractivity contribution in [3.63, 3.8) is 0 Å². The van der Waals surface area contributed by atoms with Gasteiger partial charge in [0.2, 0.25) is 0 Å². The van der Waals surface area contributed by atoms with Crippen LogP contribution >= 0.6 is 11.3 Å². The van der Waals surface area contributed by atoms with Gasteiger partial charge in [0, 0.05) is 38.3 Å². The summed E-state index contributed by atoms with van der Waals surface area (Å²) in [5.41, 5.74) is 1.24. The Morgan fingerprint density at radius 3 is 2.80 bits per heavy atom.